The molecule has 0 saturated carbocycles. The summed E-state index contributed by atoms with van der Waals surface area (Å²) in [6.07, 6.45) is 8.30. The zero-order valence-electron chi connectivity index (χ0n) is 19.6. The third kappa shape index (κ3) is 12.3. The van der Waals surface area contributed by atoms with Gasteiger partial charge in [-0.25, -0.2) is 9.13 Å². The predicted octanol–water partition coefficient (Wildman–Crippen LogP) is 5.46. The molecule has 11 heteroatoms. The topological polar surface area (TPSA) is 143 Å². The van der Waals surface area contributed by atoms with E-state index in [9.17, 15) is 18.9 Å². The molecule has 0 aliphatic carbocycles. The van der Waals surface area contributed by atoms with E-state index in [1.807, 2.05) is 27.7 Å². The fourth-order valence-electron chi connectivity index (χ4n) is 4.08. The van der Waals surface area contributed by atoms with Crippen LogP contribution in [0.1, 0.15) is 105 Å². The number of rotatable bonds is 20. The smallest absolute Gasteiger partial charge is 0.370 e. The number of phosphoric ester groups is 2. The lowest BCUT2D eigenvalue weighted by Gasteiger charge is -2.50. The Morgan fingerprint density at radius 3 is 1.32 bits per heavy atom. The van der Waals surface area contributed by atoms with Crippen LogP contribution in [0.25, 0.3) is 0 Å². The van der Waals surface area contributed by atoms with E-state index in [0.717, 1.165) is 38.5 Å². The van der Waals surface area contributed by atoms with E-state index < -0.39 is 26.8 Å². The zero-order valence-corrected chi connectivity index (χ0v) is 21.4. The fraction of sp³-hybridized carbons (Fsp3) is 1.00. The van der Waals surface area contributed by atoms with Crippen LogP contribution in [0, 0.1) is 0 Å². The van der Waals surface area contributed by atoms with Gasteiger partial charge in [-0.15, -0.1) is 0 Å². The van der Waals surface area contributed by atoms with E-state index in [4.69, 9.17) is 19.0 Å². The van der Waals surface area contributed by atoms with Gasteiger partial charge in [0, 0.05) is 0 Å². The van der Waals surface area contributed by atoms with Gasteiger partial charge in [-0.2, -0.15) is 0 Å². The van der Waals surface area contributed by atoms with Crippen molar-refractivity contribution in [3.63, 3.8) is 0 Å². The molecule has 0 radical (unpaired) electrons. The van der Waals surface area contributed by atoms with Gasteiger partial charge in [-0.1, -0.05) is 79.1 Å². The largest absolute Gasteiger partial charge is 0.470 e. The summed E-state index contributed by atoms with van der Waals surface area (Å²) in [5.41, 5.74) is -2.20. The van der Waals surface area contributed by atoms with Crippen molar-refractivity contribution in [3.05, 3.63) is 0 Å². The molecule has 0 spiro atoms. The summed E-state index contributed by atoms with van der Waals surface area (Å²) in [6.45, 7) is 7.66. The molecule has 0 atom stereocenters. The average Bonchev–Trinajstić information content (AvgIpc) is 2.67. The SMILES string of the molecule is CCCCC(CCCC)(OCCOP(=O)(O)O)C(CCCC)(CCCC)OP(=O)(O)O. The van der Waals surface area contributed by atoms with Crippen LogP contribution < -0.4 is 0 Å². The lowest BCUT2D eigenvalue weighted by molar-refractivity contribution is -0.197. The van der Waals surface area contributed by atoms with Crippen molar-refractivity contribution >= 4 is 15.6 Å². The van der Waals surface area contributed by atoms with Gasteiger partial charge < -0.3 is 24.3 Å². The van der Waals surface area contributed by atoms with E-state index in [2.05, 4.69) is 4.52 Å². The average molecular weight is 491 g/mol. The predicted molar refractivity (Wildman–Crippen MR) is 121 cm³/mol. The molecule has 0 aromatic carbocycles. The third-order valence-electron chi connectivity index (χ3n) is 5.58. The zero-order chi connectivity index (χ0) is 24.0. The summed E-state index contributed by atoms with van der Waals surface area (Å²) >= 11 is 0. The minimum absolute atomic E-state index is 0.108. The Balaban J connectivity index is 6.28. The molecule has 0 aliphatic rings. The van der Waals surface area contributed by atoms with Gasteiger partial charge in [-0.3, -0.25) is 9.05 Å². The van der Waals surface area contributed by atoms with Crippen LogP contribution in [0.3, 0.4) is 0 Å². The lowest BCUT2D eigenvalue weighted by Crippen LogP contribution is -2.57. The number of unbranched alkanes of at least 4 members (excludes halogenated alkanes) is 4. The Kier molecular flexibility index (Phi) is 15.2. The molecule has 0 rings (SSSR count). The second kappa shape index (κ2) is 15.2. The van der Waals surface area contributed by atoms with Crippen LogP contribution in [-0.4, -0.2) is 44.0 Å². The van der Waals surface area contributed by atoms with Crippen LogP contribution in [0.15, 0.2) is 0 Å². The molecule has 9 nitrogen and oxygen atoms in total. The summed E-state index contributed by atoms with van der Waals surface area (Å²) in [7, 11) is -9.46. The molecule has 4 N–H and O–H groups in total. The van der Waals surface area contributed by atoms with E-state index in [1.165, 1.54) is 0 Å². The van der Waals surface area contributed by atoms with Crippen molar-refractivity contribution in [1.82, 2.24) is 0 Å². The van der Waals surface area contributed by atoms with E-state index in [1.54, 1.807) is 0 Å². The molecule has 0 bridgehead atoms. The molecule has 0 amide bonds. The third-order valence-corrected chi connectivity index (χ3v) is 6.69. The van der Waals surface area contributed by atoms with Crippen LogP contribution in [0.4, 0.5) is 0 Å². The Bertz CT molecular complexity index is 543. The molecule has 0 aromatic heterocycles. The summed E-state index contributed by atoms with van der Waals surface area (Å²) in [5, 5.41) is 0. The highest BCUT2D eigenvalue weighted by atomic mass is 31.2. The lowest BCUT2D eigenvalue weighted by atomic mass is 9.70. The molecular weight excluding hydrogens is 446 g/mol. The van der Waals surface area contributed by atoms with Crippen molar-refractivity contribution < 1.29 is 42.5 Å². The van der Waals surface area contributed by atoms with Crippen LogP contribution in [-0.2, 0) is 22.9 Å². The van der Waals surface area contributed by atoms with Gasteiger partial charge in [0.15, 0.2) is 0 Å². The van der Waals surface area contributed by atoms with Crippen LogP contribution in [0.2, 0.25) is 0 Å². The Hall–Kier alpha value is 0.180. The van der Waals surface area contributed by atoms with Gasteiger partial charge in [-0.05, 0) is 25.7 Å². The minimum atomic E-state index is -4.83. The van der Waals surface area contributed by atoms with E-state index in [-0.39, 0.29) is 13.2 Å². The molecular formula is C20H44O9P2. The summed E-state index contributed by atoms with van der Waals surface area (Å²) < 4.78 is 39.7. The maximum atomic E-state index is 12.1. The molecule has 0 saturated heterocycles. The highest BCUT2D eigenvalue weighted by Crippen LogP contribution is 2.53. The molecule has 31 heavy (non-hydrogen) atoms. The highest BCUT2D eigenvalue weighted by molar-refractivity contribution is 7.46. The van der Waals surface area contributed by atoms with Gasteiger partial charge in [0.1, 0.15) is 5.60 Å². The first kappa shape index (κ1) is 31.2. The second-order valence-electron chi connectivity index (χ2n) is 8.16. The van der Waals surface area contributed by atoms with Crippen molar-refractivity contribution in [2.24, 2.45) is 0 Å². The Morgan fingerprint density at radius 2 is 1.00 bits per heavy atom. The molecule has 0 fully saturated rings. The van der Waals surface area contributed by atoms with Crippen molar-refractivity contribution in [3.8, 4) is 0 Å². The minimum Gasteiger partial charge on any atom is -0.370 e. The quantitative estimate of drug-likeness (QED) is 0.129. The normalized spacial score (nSPS) is 13.7. The van der Waals surface area contributed by atoms with Crippen molar-refractivity contribution in [2.75, 3.05) is 13.2 Å². The number of hydrogen-bond acceptors (Lipinski definition) is 5. The molecule has 188 valence electrons. The molecule has 0 aromatic rings. The molecule has 0 unspecified atom stereocenters. The van der Waals surface area contributed by atoms with Crippen LogP contribution in [0.5, 0.6) is 0 Å². The highest BCUT2D eigenvalue weighted by Gasteiger charge is 2.54. The Labute approximate surface area is 187 Å². The first-order chi connectivity index (χ1) is 14.4. The van der Waals surface area contributed by atoms with E-state index >= 15 is 0 Å². The number of ether oxygens (including phenoxy) is 1. The van der Waals surface area contributed by atoms with Gasteiger partial charge in [0.25, 0.3) is 0 Å². The maximum absolute atomic E-state index is 12.1. The fourth-order valence-corrected chi connectivity index (χ4v) is 5.20. The first-order valence-corrected chi connectivity index (χ1v) is 14.6. The standard InChI is InChI=1S/C20H44O9P2/c1-5-9-13-19(14-10-6-2,27-17-18-28-30(21,22)23)20(15-11-7-3,16-12-8-4)29-31(24,25)26/h5-18H2,1-4H3,(H2,21,22,23)(H2,24,25,26). The summed E-state index contributed by atoms with van der Waals surface area (Å²) in [5.74, 6) is 0. The summed E-state index contributed by atoms with van der Waals surface area (Å²) in [6, 6.07) is 0. The van der Waals surface area contributed by atoms with Gasteiger partial charge >= 0.3 is 15.6 Å². The van der Waals surface area contributed by atoms with Gasteiger partial charge in [0.2, 0.25) is 0 Å². The van der Waals surface area contributed by atoms with Crippen LogP contribution >= 0.6 is 15.6 Å². The van der Waals surface area contributed by atoms with Crippen molar-refractivity contribution in [2.45, 2.75) is 116 Å². The first-order valence-electron chi connectivity index (χ1n) is 11.5. The number of hydrogen-bond donors (Lipinski definition) is 4. The number of phosphoric acid groups is 2. The monoisotopic (exact) mass is 490 g/mol. The molecule has 0 aliphatic heterocycles. The van der Waals surface area contributed by atoms with Crippen molar-refractivity contribution in [1.29, 1.82) is 0 Å². The van der Waals surface area contributed by atoms with Gasteiger partial charge in [0.05, 0.1) is 18.8 Å². The Morgan fingerprint density at radius 1 is 0.613 bits per heavy atom. The second-order valence-corrected chi connectivity index (χ2v) is 10.6. The maximum Gasteiger partial charge on any atom is 0.470 e. The summed E-state index contributed by atoms with van der Waals surface area (Å²) in [4.78, 5) is 37.7. The van der Waals surface area contributed by atoms with E-state index in [0.29, 0.717) is 38.5 Å². The molecule has 0 heterocycles.